The number of carbonyl (C=O) groups is 1. The summed E-state index contributed by atoms with van der Waals surface area (Å²) in [5, 5.41) is 8.43. The average Bonchev–Trinajstić information content (AvgIpc) is 2.03. The number of rotatable bonds is 5. The molecule has 3 nitrogen and oxygen atoms in total. The minimum Gasteiger partial charge on any atom is -0.480 e. The second kappa shape index (κ2) is 6.68. The third kappa shape index (κ3) is 5.75. The fraction of sp³-hybridized carbons (Fsp3) is 0.667. The highest BCUT2D eigenvalue weighted by molar-refractivity contribution is 5.72. The summed E-state index contributed by atoms with van der Waals surface area (Å²) >= 11 is 0. The van der Waals surface area contributed by atoms with Gasteiger partial charge < -0.3 is 10.8 Å². The highest BCUT2D eigenvalue weighted by Crippen LogP contribution is 2.01. The van der Waals surface area contributed by atoms with Crippen molar-refractivity contribution in [2.24, 2.45) is 5.73 Å². The van der Waals surface area contributed by atoms with Gasteiger partial charge in [0, 0.05) is 6.42 Å². The molecule has 0 spiro atoms. The summed E-state index contributed by atoms with van der Waals surface area (Å²) < 4.78 is 0. The van der Waals surface area contributed by atoms with E-state index in [4.69, 9.17) is 10.8 Å². The van der Waals surface area contributed by atoms with Crippen molar-refractivity contribution in [1.82, 2.24) is 0 Å². The maximum absolute atomic E-state index is 10.3. The predicted octanol–water partition coefficient (Wildman–Crippen LogP) is 0.982. The fourth-order valence-corrected chi connectivity index (χ4v) is 0.826. The smallest absolute Gasteiger partial charge is 0.320 e. The van der Waals surface area contributed by atoms with Crippen LogP contribution in [0, 0.1) is 11.8 Å². The third-order valence-corrected chi connectivity index (χ3v) is 1.56. The van der Waals surface area contributed by atoms with E-state index in [-0.39, 0.29) is 0 Å². The molecule has 0 aliphatic heterocycles. The lowest BCUT2D eigenvalue weighted by Gasteiger charge is -2.03. The summed E-state index contributed by atoms with van der Waals surface area (Å²) in [4.78, 5) is 10.3. The Morgan fingerprint density at radius 3 is 2.75 bits per heavy atom. The second-order valence-corrected chi connectivity index (χ2v) is 2.62. The van der Waals surface area contributed by atoms with E-state index in [2.05, 4.69) is 11.8 Å². The molecule has 0 saturated carbocycles. The molecule has 0 aromatic carbocycles. The van der Waals surface area contributed by atoms with Gasteiger partial charge in [-0.2, -0.15) is 0 Å². The van der Waals surface area contributed by atoms with Crippen LogP contribution in [0.15, 0.2) is 0 Å². The number of carboxylic acid groups (broad SMARTS) is 1. The summed E-state index contributed by atoms with van der Waals surface area (Å²) in [6.07, 6.45) is 3.15. The van der Waals surface area contributed by atoms with Crippen LogP contribution in [0.5, 0.6) is 0 Å². The van der Waals surface area contributed by atoms with Crippen LogP contribution in [-0.2, 0) is 4.79 Å². The molecule has 0 rings (SSSR count). The predicted molar refractivity (Wildman–Crippen MR) is 47.5 cm³/mol. The van der Waals surface area contributed by atoms with Gasteiger partial charge in [-0.15, -0.1) is 11.8 Å². The van der Waals surface area contributed by atoms with Gasteiger partial charge in [0.2, 0.25) is 0 Å². The normalized spacial score (nSPS) is 11.5. The largest absolute Gasteiger partial charge is 0.480 e. The fourth-order valence-electron chi connectivity index (χ4n) is 0.826. The number of nitrogens with two attached hydrogens (primary N) is 1. The molecule has 3 heteroatoms. The van der Waals surface area contributed by atoms with E-state index in [1.807, 2.05) is 0 Å². The maximum atomic E-state index is 10.3. The number of hydrogen-bond donors (Lipinski definition) is 2. The zero-order valence-electron chi connectivity index (χ0n) is 7.34. The van der Waals surface area contributed by atoms with Crippen molar-refractivity contribution < 1.29 is 9.90 Å². The highest BCUT2D eigenvalue weighted by Gasteiger charge is 2.09. The SMILES string of the molecule is CC#CCCCC[C@H](N)C(=O)O. The standard InChI is InChI=1S/C9H15NO2/c1-2-3-4-5-6-7-8(10)9(11)12/h8H,4-7,10H2,1H3,(H,11,12)/t8-/m0/s1. The van der Waals surface area contributed by atoms with Crippen molar-refractivity contribution in [2.45, 2.75) is 38.6 Å². The maximum Gasteiger partial charge on any atom is 0.320 e. The number of aliphatic carboxylic acids is 1. The molecule has 0 aromatic heterocycles. The zero-order valence-corrected chi connectivity index (χ0v) is 7.34. The van der Waals surface area contributed by atoms with Gasteiger partial charge in [-0.3, -0.25) is 4.79 Å². The second-order valence-electron chi connectivity index (χ2n) is 2.62. The average molecular weight is 169 g/mol. The van der Waals surface area contributed by atoms with Crippen LogP contribution in [0.1, 0.15) is 32.6 Å². The van der Waals surface area contributed by atoms with Gasteiger partial charge in [-0.25, -0.2) is 0 Å². The summed E-state index contributed by atoms with van der Waals surface area (Å²) in [6.45, 7) is 1.79. The van der Waals surface area contributed by atoms with Gasteiger partial charge in [-0.05, 0) is 19.8 Å². The van der Waals surface area contributed by atoms with Crippen LogP contribution in [0.3, 0.4) is 0 Å². The lowest BCUT2D eigenvalue weighted by atomic mass is 10.1. The molecule has 0 aliphatic rings. The topological polar surface area (TPSA) is 63.3 Å². The van der Waals surface area contributed by atoms with Gasteiger partial charge in [0.1, 0.15) is 6.04 Å². The Hall–Kier alpha value is -1.01. The van der Waals surface area contributed by atoms with E-state index >= 15 is 0 Å². The van der Waals surface area contributed by atoms with E-state index in [0.717, 1.165) is 19.3 Å². The molecule has 0 fully saturated rings. The van der Waals surface area contributed by atoms with E-state index in [1.165, 1.54) is 0 Å². The van der Waals surface area contributed by atoms with Crippen LogP contribution >= 0.6 is 0 Å². The Morgan fingerprint density at radius 1 is 1.58 bits per heavy atom. The first kappa shape index (κ1) is 11.0. The summed E-state index contributed by atoms with van der Waals surface area (Å²) in [6, 6.07) is -0.709. The highest BCUT2D eigenvalue weighted by atomic mass is 16.4. The van der Waals surface area contributed by atoms with Gasteiger partial charge in [-0.1, -0.05) is 6.42 Å². The van der Waals surface area contributed by atoms with Crippen molar-refractivity contribution in [2.75, 3.05) is 0 Å². The lowest BCUT2D eigenvalue weighted by Crippen LogP contribution is -2.29. The Bertz CT molecular complexity index is 190. The molecule has 0 saturated heterocycles. The molecular formula is C9H15NO2. The van der Waals surface area contributed by atoms with Gasteiger partial charge in [0.15, 0.2) is 0 Å². The monoisotopic (exact) mass is 169 g/mol. The molecule has 0 heterocycles. The quantitative estimate of drug-likeness (QED) is 0.476. The minimum absolute atomic E-state index is 0.542. The molecule has 0 bridgehead atoms. The van der Waals surface area contributed by atoms with Crippen LogP contribution in [0.25, 0.3) is 0 Å². The molecule has 12 heavy (non-hydrogen) atoms. The Balaban J connectivity index is 3.29. The van der Waals surface area contributed by atoms with Crippen LogP contribution in [0.4, 0.5) is 0 Å². The van der Waals surface area contributed by atoms with Crippen molar-refractivity contribution in [3.05, 3.63) is 0 Å². The number of hydrogen-bond acceptors (Lipinski definition) is 2. The Kier molecular flexibility index (Phi) is 6.12. The lowest BCUT2D eigenvalue weighted by molar-refractivity contribution is -0.138. The van der Waals surface area contributed by atoms with Crippen molar-refractivity contribution >= 4 is 5.97 Å². The van der Waals surface area contributed by atoms with Crippen LogP contribution in [0.2, 0.25) is 0 Å². The molecule has 0 aliphatic carbocycles. The molecule has 68 valence electrons. The van der Waals surface area contributed by atoms with E-state index < -0.39 is 12.0 Å². The van der Waals surface area contributed by atoms with Gasteiger partial charge in [0.25, 0.3) is 0 Å². The first-order valence-electron chi connectivity index (χ1n) is 4.06. The third-order valence-electron chi connectivity index (χ3n) is 1.56. The number of unbranched alkanes of at least 4 members (excludes halogenated alkanes) is 2. The summed E-state index contributed by atoms with van der Waals surface area (Å²) in [5.41, 5.74) is 5.30. The minimum atomic E-state index is -0.920. The van der Waals surface area contributed by atoms with Gasteiger partial charge >= 0.3 is 5.97 Å². The molecule has 1 atom stereocenters. The molecule has 0 unspecified atom stereocenters. The number of carboxylic acids is 1. The van der Waals surface area contributed by atoms with Crippen LogP contribution < -0.4 is 5.73 Å². The first-order valence-corrected chi connectivity index (χ1v) is 4.06. The zero-order chi connectivity index (χ0) is 9.40. The van der Waals surface area contributed by atoms with E-state index in [0.29, 0.717) is 6.42 Å². The molecular weight excluding hydrogens is 154 g/mol. The molecule has 3 N–H and O–H groups in total. The molecule has 0 amide bonds. The molecule has 0 radical (unpaired) electrons. The van der Waals surface area contributed by atoms with Crippen molar-refractivity contribution in [3.63, 3.8) is 0 Å². The van der Waals surface area contributed by atoms with Crippen molar-refractivity contribution in [1.29, 1.82) is 0 Å². The summed E-state index contributed by atoms with van der Waals surface area (Å²) in [7, 11) is 0. The van der Waals surface area contributed by atoms with Gasteiger partial charge in [0.05, 0.1) is 0 Å². The van der Waals surface area contributed by atoms with E-state index in [9.17, 15) is 4.79 Å². The molecule has 0 aromatic rings. The Labute approximate surface area is 73.0 Å². The van der Waals surface area contributed by atoms with Crippen molar-refractivity contribution in [3.8, 4) is 11.8 Å². The Morgan fingerprint density at radius 2 is 2.25 bits per heavy atom. The van der Waals surface area contributed by atoms with Crippen LogP contribution in [-0.4, -0.2) is 17.1 Å². The van der Waals surface area contributed by atoms with E-state index in [1.54, 1.807) is 6.92 Å². The summed E-state index contributed by atoms with van der Waals surface area (Å²) in [5.74, 6) is 4.77. The first-order chi connectivity index (χ1) is 5.68.